The number of aromatic nitrogens is 2. The van der Waals surface area contributed by atoms with Crippen molar-refractivity contribution in [3.05, 3.63) is 42.1 Å². The highest BCUT2D eigenvalue weighted by molar-refractivity contribution is 6.04. The molecule has 2 aromatic rings. The van der Waals surface area contributed by atoms with Gasteiger partial charge in [0.25, 0.3) is 5.91 Å². The zero-order valence-corrected chi connectivity index (χ0v) is 15.1. The number of ether oxygens (including phenoxy) is 1. The highest BCUT2D eigenvalue weighted by Gasteiger charge is 2.37. The topological polar surface area (TPSA) is 106 Å². The SMILES string of the molecule is COc1ccc(CN2C(=O)N[C@H](CCC(=O)Nc3ccn(C)n3)C2=O)cc1. The highest BCUT2D eigenvalue weighted by Crippen LogP contribution is 2.17. The molecule has 0 aliphatic carbocycles. The van der Waals surface area contributed by atoms with Crippen molar-refractivity contribution >= 4 is 23.7 Å². The van der Waals surface area contributed by atoms with Crippen LogP contribution < -0.4 is 15.4 Å². The number of rotatable bonds is 7. The van der Waals surface area contributed by atoms with Crippen LogP contribution in [0, 0.1) is 0 Å². The second kappa shape index (κ2) is 7.90. The number of carbonyl (C=O) groups excluding carboxylic acids is 3. The van der Waals surface area contributed by atoms with Crippen LogP contribution in [0.4, 0.5) is 10.6 Å². The molecule has 4 amide bonds. The average Bonchev–Trinajstić information content (AvgIpc) is 3.18. The molecule has 1 aromatic carbocycles. The molecule has 2 heterocycles. The first-order valence-electron chi connectivity index (χ1n) is 8.50. The summed E-state index contributed by atoms with van der Waals surface area (Å²) in [4.78, 5) is 37.8. The van der Waals surface area contributed by atoms with Gasteiger partial charge in [0.05, 0.1) is 13.7 Å². The van der Waals surface area contributed by atoms with Crippen LogP contribution in [0.15, 0.2) is 36.5 Å². The second-order valence-electron chi connectivity index (χ2n) is 6.24. The number of carbonyl (C=O) groups is 3. The van der Waals surface area contributed by atoms with Crippen molar-refractivity contribution in [1.82, 2.24) is 20.0 Å². The first kappa shape index (κ1) is 18.4. The molecule has 1 aliphatic rings. The lowest BCUT2D eigenvalue weighted by molar-refractivity contribution is -0.128. The lowest BCUT2D eigenvalue weighted by Gasteiger charge is -2.13. The van der Waals surface area contributed by atoms with Gasteiger partial charge < -0.3 is 15.4 Å². The molecule has 142 valence electrons. The van der Waals surface area contributed by atoms with E-state index in [9.17, 15) is 14.4 Å². The number of methoxy groups -OCH3 is 1. The number of nitrogens with zero attached hydrogens (tertiary/aromatic N) is 3. The smallest absolute Gasteiger partial charge is 0.325 e. The molecule has 3 rings (SSSR count). The maximum Gasteiger partial charge on any atom is 0.325 e. The van der Waals surface area contributed by atoms with Crippen molar-refractivity contribution < 1.29 is 19.1 Å². The molecule has 0 bridgehead atoms. The molecule has 1 atom stereocenters. The van der Waals surface area contributed by atoms with Gasteiger partial charge in [0, 0.05) is 25.7 Å². The van der Waals surface area contributed by atoms with E-state index < -0.39 is 12.1 Å². The maximum absolute atomic E-state index is 12.5. The van der Waals surface area contributed by atoms with Crippen molar-refractivity contribution in [2.45, 2.75) is 25.4 Å². The number of imide groups is 1. The highest BCUT2D eigenvalue weighted by atomic mass is 16.5. The summed E-state index contributed by atoms with van der Waals surface area (Å²) >= 11 is 0. The molecule has 9 nitrogen and oxygen atoms in total. The lowest BCUT2D eigenvalue weighted by Crippen LogP contribution is -2.31. The van der Waals surface area contributed by atoms with E-state index in [1.54, 1.807) is 55.4 Å². The van der Waals surface area contributed by atoms with Gasteiger partial charge in [0.15, 0.2) is 5.82 Å². The van der Waals surface area contributed by atoms with Gasteiger partial charge in [-0.05, 0) is 24.1 Å². The second-order valence-corrected chi connectivity index (χ2v) is 6.24. The standard InChI is InChI=1S/C18H21N5O4/c1-22-10-9-15(21-22)20-16(24)8-7-14-17(25)23(18(26)19-14)11-12-3-5-13(27-2)6-4-12/h3-6,9-10,14H,7-8,11H2,1-2H3,(H,19,26)(H,20,21,24)/t14-/m1/s1. The molecule has 0 radical (unpaired) electrons. The third kappa shape index (κ3) is 4.43. The van der Waals surface area contributed by atoms with Crippen LogP contribution in [0.1, 0.15) is 18.4 Å². The number of benzene rings is 1. The Morgan fingerprint density at radius 3 is 2.63 bits per heavy atom. The predicted molar refractivity (Wildman–Crippen MR) is 96.9 cm³/mol. The minimum atomic E-state index is -0.703. The molecule has 0 unspecified atom stereocenters. The zero-order chi connectivity index (χ0) is 19.4. The van der Waals surface area contributed by atoms with Gasteiger partial charge in [0.2, 0.25) is 5.91 Å². The quantitative estimate of drug-likeness (QED) is 0.713. The van der Waals surface area contributed by atoms with Gasteiger partial charge >= 0.3 is 6.03 Å². The number of nitrogens with one attached hydrogen (secondary N) is 2. The van der Waals surface area contributed by atoms with Crippen molar-refractivity contribution in [1.29, 1.82) is 0 Å². The van der Waals surface area contributed by atoms with Crippen molar-refractivity contribution in [3.8, 4) is 5.75 Å². The molecule has 27 heavy (non-hydrogen) atoms. The Morgan fingerprint density at radius 1 is 1.26 bits per heavy atom. The predicted octanol–water partition coefficient (Wildman–Crippen LogP) is 1.27. The number of anilines is 1. The fourth-order valence-electron chi connectivity index (χ4n) is 2.80. The van der Waals surface area contributed by atoms with Crippen molar-refractivity contribution in [2.24, 2.45) is 7.05 Å². The van der Waals surface area contributed by atoms with Crippen LogP contribution in [0.2, 0.25) is 0 Å². The molecular formula is C18H21N5O4. The van der Waals surface area contributed by atoms with Crippen LogP contribution in [0.3, 0.4) is 0 Å². The molecule has 1 aliphatic heterocycles. The number of urea groups is 1. The van der Waals surface area contributed by atoms with Crippen LogP contribution in [-0.2, 0) is 23.2 Å². The van der Waals surface area contributed by atoms with Crippen LogP contribution in [0.25, 0.3) is 0 Å². The Balaban J connectivity index is 1.52. The molecule has 1 aromatic heterocycles. The van der Waals surface area contributed by atoms with E-state index >= 15 is 0 Å². The maximum atomic E-state index is 12.5. The Bertz CT molecular complexity index is 846. The Labute approximate surface area is 156 Å². The van der Waals surface area contributed by atoms with Crippen molar-refractivity contribution in [3.63, 3.8) is 0 Å². The summed E-state index contributed by atoms with van der Waals surface area (Å²) in [6, 6.07) is 7.66. The monoisotopic (exact) mass is 371 g/mol. The minimum Gasteiger partial charge on any atom is -0.497 e. The van der Waals surface area contributed by atoms with Gasteiger partial charge in [-0.25, -0.2) is 4.79 Å². The number of aryl methyl sites for hydroxylation is 1. The third-order valence-corrected chi connectivity index (χ3v) is 4.25. The molecule has 1 fully saturated rings. The summed E-state index contributed by atoms with van der Waals surface area (Å²) in [5.74, 6) is 0.559. The molecule has 0 spiro atoms. The Kier molecular flexibility index (Phi) is 5.39. The van der Waals surface area contributed by atoms with Gasteiger partial charge in [-0.2, -0.15) is 5.10 Å². The van der Waals surface area contributed by atoms with Crippen LogP contribution in [0.5, 0.6) is 5.75 Å². The minimum absolute atomic E-state index is 0.101. The molecule has 9 heteroatoms. The van der Waals surface area contributed by atoms with E-state index in [4.69, 9.17) is 4.74 Å². The van der Waals surface area contributed by atoms with E-state index in [0.717, 1.165) is 10.5 Å². The van der Waals surface area contributed by atoms with Gasteiger partial charge in [-0.15, -0.1) is 0 Å². The fraction of sp³-hybridized carbons (Fsp3) is 0.333. The largest absolute Gasteiger partial charge is 0.497 e. The number of hydrogen-bond donors (Lipinski definition) is 2. The van der Waals surface area contributed by atoms with E-state index in [1.807, 2.05) is 0 Å². The fourth-order valence-corrected chi connectivity index (χ4v) is 2.80. The van der Waals surface area contributed by atoms with E-state index in [-0.39, 0.29) is 31.2 Å². The summed E-state index contributed by atoms with van der Waals surface area (Å²) in [5.41, 5.74) is 0.813. The average molecular weight is 371 g/mol. The van der Waals surface area contributed by atoms with E-state index in [0.29, 0.717) is 11.6 Å². The Hall–Kier alpha value is -3.36. The zero-order valence-electron chi connectivity index (χ0n) is 15.1. The van der Waals surface area contributed by atoms with Gasteiger partial charge in [-0.3, -0.25) is 19.2 Å². The molecule has 1 saturated heterocycles. The van der Waals surface area contributed by atoms with Crippen LogP contribution >= 0.6 is 0 Å². The first-order chi connectivity index (χ1) is 13.0. The molecule has 0 saturated carbocycles. The lowest BCUT2D eigenvalue weighted by atomic mass is 10.1. The van der Waals surface area contributed by atoms with E-state index in [1.165, 1.54) is 0 Å². The summed E-state index contributed by atoms with van der Waals surface area (Å²) < 4.78 is 6.67. The molecule has 2 N–H and O–H groups in total. The van der Waals surface area contributed by atoms with Gasteiger partial charge in [0.1, 0.15) is 11.8 Å². The number of hydrogen-bond acceptors (Lipinski definition) is 5. The summed E-state index contributed by atoms with van der Waals surface area (Å²) in [6.45, 7) is 0.172. The normalized spacial score (nSPS) is 16.4. The van der Waals surface area contributed by atoms with Crippen molar-refractivity contribution in [2.75, 3.05) is 12.4 Å². The summed E-state index contributed by atoms with van der Waals surface area (Å²) in [7, 11) is 3.32. The first-order valence-corrected chi connectivity index (χ1v) is 8.50. The third-order valence-electron chi connectivity index (χ3n) is 4.25. The Morgan fingerprint density at radius 2 is 2.00 bits per heavy atom. The summed E-state index contributed by atoms with van der Waals surface area (Å²) in [5, 5.41) is 9.35. The number of amides is 4. The van der Waals surface area contributed by atoms with E-state index in [2.05, 4.69) is 15.7 Å². The van der Waals surface area contributed by atoms with Gasteiger partial charge in [-0.1, -0.05) is 12.1 Å². The summed E-state index contributed by atoms with van der Waals surface area (Å²) in [6.07, 6.45) is 2.04. The van der Waals surface area contributed by atoms with Crippen LogP contribution in [-0.4, -0.2) is 45.7 Å². The molecular weight excluding hydrogens is 350 g/mol.